The highest BCUT2D eigenvalue weighted by Gasteiger charge is 2.37. The topological polar surface area (TPSA) is 83.5 Å². The van der Waals surface area contributed by atoms with Crippen molar-refractivity contribution in [2.45, 2.75) is 39.7 Å². The quantitative estimate of drug-likeness (QED) is 0.449. The molecule has 9 heteroatoms. The number of hydrogen-bond donors (Lipinski definition) is 0. The Morgan fingerprint density at radius 1 is 1.00 bits per heavy atom. The minimum absolute atomic E-state index is 0.0116. The van der Waals surface area contributed by atoms with E-state index >= 15 is 0 Å². The van der Waals surface area contributed by atoms with E-state index in [9.17, 15) is 14.0 Å². The van der Waals surface area contributed by atoms with Crippen molar-refractivity contribution in [2.24, 2.45) is 0 Å². The minimum atomic E-state index is -0.935. The van der Waals surface area contributed by atoms with Gasteiger partial charge in [-0.05, 0) is 45.4 Å². The lowest BCUT2D eigenvalue weighted by Crippen LogP contribution is -2.31. The van der Waals surface area contributed by atoms with Gasteiger partial charge in [0.05, 0.1) is 24.1 Å². The van der Waals surface area contributed by atoms with E-state index < -0.39 is 24.0 Å². The molecule has 170 valence electrons. The molecule has 0 fully saturated rings. The SMILES string of the molecule is COCCOC(=O)OC1=C(C)N(C)C(C)=C(OC(=O)OC(C)C)C1c1ccc(F)cc1. The number of nitrogens with zero attached hydrogens (tertiary/aromatic N) is 1. The zero-order chi connectivity index (χ0) is 23.1. The van der Waals surface area contributed by atoms with E-state index in [1.54, 1.807) is 39.6 Å². The van der Waals surface area contributed by atoms with Gasteiger partial charge in [-0.25, -0.2) is 14.0 Å². The van der Waals surface area contributed by atoms with Gasteiger partial charge in [0.25, 0.3) is 0 Å². The fraction of sp³-hybridized carbons (Fsp3) is 0.455. The highest BCUT2D eigenvalue weighted by molar-refractivity contribution is 5.65. The van der Waals surface area contributed by atoms with Crippen molar-refractivity contribution in [3.05, 3.63) is 58.6 Å². The minimum Gasteiger partial charge on any atom is -0.432 e. The molecule has 0 saturated carbocycles. The average molecular weight is 437 g/mol. The lowest BCUT2D eigenvalue weighted by molar-refractivity contribution is 0.0383. The summed E-state index contributed by atoms with van der Waals surface area (Å²) >= 11 is 0. The predicted octanol–water partition coefficient (Wildman–Crippen LogP) is 4.68. The lowest BCUT2D eigenvalue weighted by Gasteiger charge is -2.35. The Morgan fingerprint density at radius 3 is 2.06 bits per heavy atom. The molecule has 0 N–H and O–H groups in total. The number of benzene rings is 1. The number of carbonyl (C=O) groups excluding carboxylic acids is 2. The Balaban J connectivity index is 2.46. The summed E-state index contributed by atoms with van der Waals surface area (Å²) in [7, 11) is 3.22. The Labute approximate surface area is 181 Å². The second-order valence-electron chi connectivity index (χ2n) is 7.15. The molecule has 0 bridgehead atoms. The van der Waals surface area contributed by atoms with Crippen molar-refractivity contribution in [3.8, 4) is 0 Å². The van der Waals surface area contributed by atoms with Gasteiger partial charge in [-0.2, -0.15) is 0 Å². The fourth-order valence-corrected chi connectivity index (χ4v) is 2.98. The van der Waals surface area contributed by atoms with E-state index in [0.29, 0.717) is 17.0 Å². The second-order valence-corrected chi connectivity index (χ2v) is 7.15. The Hall–Kier alpha value is -3.07. The summed E-state index contributed by atoms with van der Waals surface area (Å²) in [5.41, 5.74) is 1.76. The van der Waals surface area contributed by atoms with Gasteiger partial charge < -0.3 is 28.6 Å². The van der Waals surface area contributed by atoms with Crippen molar-refractivity contribution in [3.63, 3.8) is 0 Å². The first-order valence-corrected chi connectivity index (χ1v) is 9.78. The highest BCUT2D eigenvalue weighted by atomic mass is 19.1. The molecule has 0 aromatic heterocycles. The van der Waals surface area contributed by atoms with Gasteiger partial charge in [0, 0.05) is 14.2 Å². The van der Waals surface area contributed by atoms with Crippen LogP contribution in [0.2, 0.25) is 0 Å². The molecule has 1 heterocycles. The standard InChI is InChI=1S/C22H28FNO7/c1-13(2)29-22(26)31-20-15(4)24(5)14(3)19(30-21(25)28-12-11-27-6)18(20)16-7-9-17(23)10-8-16/h7-10,13,18H,11-12H2,1-6H3. The molecule has 1 aliphatic heterocycles. The third-order valence-corrected chi connectivity index (χ3v) is 4.67. The summed E-state index contributed by atoms with van der Waals surface area (Å²) in [4.78, 5) is 26.3. The van der Waals surface area contributed by atoms with Gasteiger partial charge in [0.2, 0.25) is 0 Å². The molecule has 1 aliphatic rings. The van der Waals surface area contributed by atoms with Crippen molar-refractivity contribution in [1.82, 2.24) is 4.90 Å². The number of halogens is 1. The monoisotopic (exact) mass is 437 g/mol. The number of rotatable bonds is 7. The second kappa shape index (κ2) is 10.8. The van der Waals surface area contributed by atoms with Crippen LogP contribution in [0, 0.1) is 5.82 Å². The maximum Gasteiger partial charge on any atom is 0.513 e. The number of carbonyl (C=O) groups is 2. The van der Waals surface area contributed by atoms with Gasteiger partial charge in [-0.15, -0.1) is 0 Å². The van der Waals surface area contributed by atoms with E-state index in [4.69, 9.17) is 23.7 Å². The first-order valence-electron chi connectivity index (χ1n) is 9.78. The van der Waals surface area contributed by atoms with Crippen molar-refractivity contribution >= 4 is 12.3 Å². The number of hydrogen-bond acceptors (Lipinski definition) is 8. The van der Waals surface area contributed by atoms with Crippen LogP contribution < -0.4 is 0 Å². The summed E-state index contributed by atoms with van der Waals surface area (Å²) in [6.07, 6.45) is -2.22. The Kier molecular flexibility index (Phi) is 8.44. The van der Waals surface area contributed by atoms with Crippen LogP contribution in [0.25, 0.3) is 0 Å². The van der Waals surface area contributed by atoms with Crippen LogP contribution in [-0.4, -0.2) is 50.7 Å². The van der Waals surface area contributed by atoms with E-state index in [1.807, 2.05) is 0 Å². The van der Waals surface area contributed by atoms with Crippen LogP contribution in [-0.2, 0) is 23.7 Å². The first-order chi connectivity index (χ1) is 14.6. The molecule has 0 saturated heterocycles. The van der Waals surface area contributed by atoms with E-state index in [1.165, 1.54) is 31.4 Å². The Morgan fingerprint density at radius 2 is 1.55 bits per heavy atom. The molecular weight excluding hydrogens is 409 g/mol. The smallest absolute Gasteiger partial charge is 0.432 e. The predicted molar refractivity (Wildman–Crippen MR) is 109 cm³/mol. The molecule has 1 atom stereocenters. The highest BCUT2D eigenvalue weighted by Crippen LogP contribution is 2.42. The van der Waals surface area contributed by atoms with Crippen LogP contribution in [0.4, 0.5) is 14.0 Å². The van der Waals surface area contributed by atoms with Crippen LogP contribution in [0.1, 0.15) is 39.2 Å². The first kappa shape index (κ1) is 24.2. The average Bonchev–Trinajstić information content (AvgIpc) is 2.70. The normalized spacial score (nSPS) is 16.5. The van der Waals surface area contributed by atoms with E-state index in [-0.39, 0.29) is 30.8 Å². The van der Waals surface area contributed by atoms with Crippen molar-refractivity contribution in [1.29, 1.82) is 0 Å². The van der Waals surface area contributed by atoms with Gasteiger partial charge in [-0.1, -0.05) is 12.1 Å². The number of methoxy groups -OCH3 is 1. The van der Waals surface area contributed by atoms with Gasteiger partial charge in [-0.3, -0.25) is 0 Å². The molecule has 31 heavy (non-hydrogen) atoms. The third-order valence-electron chi connectivity index (χ3n) is 4.67. The number of allylic oxidation sites excluding steroid dienone is 2. The lowest BCUT2D eigenvalue weighted by atomic mass is 9.90. The molecule has 0 spiro atoms. The summed E-state index contributed by atoms with van der Waals surface area (Å²) < 4.78 is 39.6. The summed E-state index contributed by atoms with van der Waals surface area (Å²) in [6, 6.07) is 5.61. The summed E-state index contributed by atoms with van der Waals surface area (Å²) in [5.74, 6) is -0.841. The van der Waals surface area contributed by atoms with Gasteiger partial charge in [0.1, 0.15) is 29.9 Å². The van der Waals surface area contributed by atoms with E-state index in [2.05, 4.69) is 0 Å². The molecular formula is C22H28FNO7. The maximum atomic E-state index is 13.5. The molecule has 0 aliphatic carbocycles. The van der Waals surface area contributed by atoms with Crippen LogP contribution in [0.5, 0.6) is 0 Å². The van der Waals surface area contributed by atoms with Crippen molar-refractivity contribution < 1.29 is 37.7 Å². The molecule has 0 radical (unpaired) electrons. The fourth-order valence-electron chi connectivity index (χ4n) is 2.98. The molecule has 1 unspecified atom stereocenters. The number of ether oxygens (including phenoxy) is 5. The molecule has 8 nitrogen and oxygen atoms in total. The Bertz CT molecular complexity index is 861. The molecule has 0 amide bonds. The van der Waals surface area contributed by atoms with Gasteiger partial charge >= 0.3 is 12.3 Å². The third kappa shape index (κ3) is 6.21. The molecule has 2 rings (SSSR count). The van der Waals surface area contributed by atoms with Crippen LogP contribution >= 0.6 is 0 Å². The zero-order valence-electron chi connectivity index (χ0n) is 18.6. The molecule has 1 aromatic carbocycles. The van der Waals surface area contributed by atoms with Gasteiger partial charge in [0.15, 0.2) is 0 Å². The van der Waals surface area contributed by atoms with E-state index in [0.717, 1.165) is 0 Å². The molecule has 1 aromatic rings. The largest absolute Gasteiger partial charge is 0.513 e. The van der Waals surface area contributed by atoms with Crippen LogP contribution in [0.15, 0.2) is 47.2 Å². The zero-order valence-corrected chi connectivity index (χ0v) is 18.6. The maximum absolute atomic E-state index is 13.5. The van der Waals surface area contributed by atoms with Crippen LogP contribution in [0.3, 0.4) is 0 Å². The summed E-state index contributed by atoms with van der Waals surface area (Å²) in [5, 5.41) is 0. The van der Waals surface area contributed by atoms with Crippen molar-refractivity contribution in [2.75, 3.05) is 27.4 Å². The summed E-state index contributed by atoms with van der Waals surface area (Å²) in [6.45, 7) is 7.12.